The van der Waals surface area contributed by atoms with Crippen LogP contribution in [0.15, 0.2) is 24.3 Å². The van der Waals surface area contributed by atoms with E-state index in [0.717, 1.165) is 19.3 Å². The number of halogens is 1. The molecule has 0 bridgehead atoms. The molecule has 0 radical (unpaired) electrons. The SMILES string of the molecule is C[C@@H](NS(=O)(=O)Cc1ccccc1Cl)C(=O)N1CCCCC1. The third kappa shape index (κ3) is 4.69. The molecule has 0 spiro atoms. The lowest BCUT2D eigenvalue weighted by Crippen LogP contribution is -2.48. The molecule has 7 heteroatoms. The lowest BCUT2D eigenvalue weighted by atomic mass is 10.1. The van der Waals surface area contributed by atoms with Gasteiger partial charge in [-0.25, -0.2) is 13.1 Å². The first-order valence-corrected chi connectivity index (χ1v) is 9.44. The van der Waals surface area contributed by atoms with Crippen molar-refractivity contribution >= 4 is 27.5 Å². The molecule has 2 rings (SSSR count). The van der Waals surface area contributed by atoms with E-state index in [1.54, 1.807) is 36.1 Å². The number of likely N-dealkylation sites (tertiary alicyclic amines) is 1. The average molecular weight is 345 g/mol. The summed E-state index contributed by atoms with van der Waals surface area (Å²) in [5.41, 5.74) is 0.522. The molecule has 1 atom stereocenters. The lowest BCUT2D eigenvalue weighted by molar-refractivity contribution is -0.133. The predicted molar refractivity (Wildman–Crippen MR) is 87.1 cm³/mol. The van der Waals surface area contributed by atoms with Gasteiger partial charge in [0.05, 0.1) is 11.8 Å². The van der Waals surface area contributed by atoms with E-state index in [-0.39, 0.29) is 11.7 Å². The quantitative estimate of drug-likeness (QED) is 0.890. The van der Waals surface area contributed by atoms with Gasteiger partial charge in [-0.05, 0) is 37.8 Å². The number of carbonyl (C=O) groups excluding carboxylic acids is 1. The molecule has 1 fully saturated rings. The van der Waals surface area contributed by atoms with E-state index < -0.39 is 16.1 Å². The summed E-state index contributed by atoms with van der Waals surface area (Å²) in [6, 6.07) is 6.03. The number of amides is 1. The van der Waals surface area contributed by atoms with Gasteiger partial charge in [-0.15, -0.1) is 0 Å². The van der Waals surface area contributed by atoms with Crippen LogP contribution >= 0.6 is 11.6 Å². The number of sulfonamides is 1. The Balaban J connectivity index is 1.98. The summed E-state index contributed by atoms with van der Waals surface area (Å²) in [6.45, 7) is 2.99. The maximum Gasteiger partial charge on any atom is 0.240 e. The first-order valence-electron chi connectivity index (χ1n) is 7.41. The van der Waals surface area contributed by atoms with Gasteiger partial charge in [-0.3, -0.25) is 4.79 Å². The number of carbonyl (C=O) groups is 1. The molecule has 1 N–H and O–H groups in total. The smallest absolute Gasteiger partial charge is 0.240 e. The zero-order chi connectivity index (χ0) is 16.2. The Kier molecular flexibility index (Phi) is 5.83. The zero-order valence-corrected chi connectivity index (χ0v) is 14.2. The molecule has 1 aliphatic heterocycles. The van der Waals surface area contributed by atoms with Crippen molar-refractivity contribution in [2.24, 2.45) is 0 Å². The molecule has 22 heavy (non-hydrogen) atoms. The molecule has 1 saturated heterocycles. The molecule has 1 aromatic rings. The number of nitrogens with zero attached hydrogens (tertiary/aromatic N) is 1. The van der Waals surface area contributed by atoms with E-state index in [2.05, 4.69) is 4.72 Å². The minimum atomic E-state index is -3.62. The largest absolute Gasteiger partial charge is 0.341 e. The molecule has 0 unspecified atom stereocenters. The standard InChI is InChI=1S/C15H21ClN2O3S/c1-12(15(19)18-9-5-2-6-10-18)17-22(20,21)11-13-7-3-4-8-14(13)16/h3-4,7-8,12,17H,2,5-6,9-11H2,1H3/t12-/m1/s1. The highest BCUT2D eigenvalue weighted by atomic mass is 35.5. The van der Waals surface area contributed by atoms with Crippen LogP contribution in [0.2, 0.25) is 5.02 Å². The van der Waals surface area contributed by atoms with Gasteiger partial charge in [0.25, 0.3) is 0 Å². The molecule has 5 nitrogen and oxygen atoms in total. The van der Waals surface area contributed by atoms with E-state index in [1.165, 1.54) is 0 Å². The van der Waals surface area contributed by atoms with Crippen molar-refractivity contribution in [3.05, 3.63) is 34.9 Å². The van der Waals surface area contributed by atoms with Crippen LogP contribution in [-0.4, -0.2) is 38.4 Å². The summed E-state index contributed by atoms with van der Waals surface area (Å²) in [6.07, 6.45) is 3.08. The number of rotatable bonds is 5. The average Bonchev–Trinajstić information content (AvgIpc) is 2.49. The monoisotopic (exact) mass is 344 g/mol. The van der Waals surface area contributed by atoms with Crippen LogP contribution in [-0.2, 0) is 20.6 Å². The molecular weight excluding hydrogens is 324 g/mol. The van der Waals surface area contributed by atoms with Gasteiger partial charge in [0, 0.05) is 18.1 Å². The lowest BCUT2D eigenvalue weighted by Gasteiger charge is -2.29. The van der Waals surface area contributed by atoms with Crippen molar-refractivity contribution in [1.82, 2.24) is 9.62 Å². The second-order valence-corrected chi connectivity index (χ2v) is 7.74. The molecule has 0 aromatic heterocycles. The zero-order valence-electron chi connectivity index (χ0n) is 12.6. The van der Waals surface area contributed by atoms with Gasteiger partial charge in [-0.1, -0.05) is 29.8 Å². The summed E-state index contributed by atoms with van der Waals surface area (Å²) >= 11 is 5.98. The third-order valence-corrected chi connectivity index (χ3v) is 5.47. The van der Waals surface area contributed by atoms with Gasteiger partial charge in [0.15, 0.2) is 0 Å². The molecule has 1 heterocycles. The number of benzene rings is 1. The van der Waals surface area contributed by atoms with Gasteiger partial charge in [0.2, 0.25) is 15.9 Å². The summed E-state index contributed by atoms with van der Waals surface area (Å²) in [5.74, 6) is -0.396. The molecule has 1 aromatic carbocycles. The molecule has 0 saturated carbocycles. The fraction of sp³-hybridized carbons (Fsp3) is 0.533. The molecule has 1 amide bonds. The van der Waals surface area contributed by atoms with Crippen molar-refractivity contribution in [3.63, 3.8) is 0 Å². The number of hydrogen-bond donors (Lipinski definition) is 1. The van der Waals surface area contributed by atoms with Gasteiger partial charge in [-0.2, -0.15) is 0 Å². The normalized spacial score (nSPS) is 17.3. The maximum atomic E-state index is 12.3. The Morgan fingerprint density at radius 1 is 1.27 bits per heavy atom. The van der Waals surface area contributed by atoms with E-state index in [9.17, 15) is 13.2 Å². The van der Waals surface area contributed by atoms with E-state index in [4.69, 9.17) is 11.6 Å². The van der Waals surface area contributed by atoms with E-state index in [1.807, 2.05) is 0 Å². The van der Waals surface area contributed by atoms with Crippen LogP contribution in [0.3, 0.4) is 0 Å². The predicted octanol–water partition coefficient (Wildman–Crippen LogP) is 2.16. The van der Waals surface area contributed by atoms with Crippen LogP contribution in [0.1, 0.15) is 31.7 Å². The maximum absolute atomic E-state index is 12.3. The summed E-state index contributed by atoms with van der Waals surface area (Å²) in [4.78, 5) is 14.0. The molecule has 0 aliphatic carbocycles. The van der Waals surface area contributed by atoms with Crippen LogP contribution in [0, 0.1) is 0 Å². The second-order valence-electron chi connectivity index (χ2n) is 5.58. The van der Waals surface area contributed by atoms with Crippen molar-refractivity contribution in [3.8, 4) is 0 Å². The minimum Gasteiger partial charge on any atom is -0.341 e. The Morgan fingerprint density at radius 2 is 1.91 bits per heavy atom. The third-order valence-electron chi connectivity index (χ3n) is 3.70. The topological polar surface area (TPSA) is 66.5 Å². The number of hydrogen-bond acceptors (Lipinski definition) is 3. The Morgan fingerprint density at radius 3 is 2.55 bits per heavy atom. The van der Waals surface area contributed by atoms with Crippen LogP contribution in [0.4, 0.5) is 0 Å². The fourth-order valence-corrected chi connectivity index (χ4v) is 4.24. The second kappa shape index (κ2) is 7.44. The Labute approximate surface area is 136 Å². The summed E-state index contributed by atoms with van der Waals surface area (Å²) < 4.78 is 26.9. The summed E-state index contributed by atoms with van der Waals surface area (Å²) in [7, 11) is -3.62. The van der Waals surface area contributed by atoms with Crippen LogP contribution in [0.25, 0.3) is 0 Å². The van der Waals surface area contributed by atoms with Crippen molar-refractivity contribution < 1.29 is 13.2 Å². The Bertz CT molecular complexity index is 627. The van der Waals surface area contributed by atoms with E-state index >= 15 is 0 Å². The van der Waals surface area contributed by atoms with Crippen molar-refractivity contribution in [2.45, 2.75) is 38.0 Å². The Hall–Kier alpha value is -1.11. The molecule has 1 aliphatic rings. The van der Waals surface area contributed by atoms with Crippen molar-refractivity contribution in [1.29, 1.82) is 0 Å². The first-order chi connectivity index (χ1) is 10.4. The molecular formula is C15H21ClN2O3S. The van der Waals surface area contributed by atoms with Gasteiger partial charge < -0.3 is 4.90 Å². The highest BCUT2D eigenvalue weighted by Crippen LogP contribution is 2.17. The van der Waals surface area contributed by atoms with Crippen LogP contribution in [0.5, 0.6) is 0 Å². The number of nitrogens with one attached hydrogen (secondary N) is 1. The number of piperidine rings is 1. The van der Waals surface area contributed by atoms with E-state index in [0.29, 0.717) is 23.7 Å². The fourth-order valence-electron chi connectivity index (χ4n) is 2.57. The van der Waals surface area contributed by atoms with Crippen molar-refractivity contribution in [2.75, 3.05) is 13.1 Å². The first kappa shape index (κ1) is 17.2. The van der Waals surface area contributed by atoms with Gasteiger partial charge >= 0.3 is 0 Å². The highest BCUT2D eigenvalue weighted by molar-refractivity contribution is 7.88. The van der Waals surface area contributed by atoms with Gasteiger partial charge in [0.1, 0.15) is 0 Å². The highest BCUT2D eigenvalue weighted by Gasteiger charge is 2.26. The minimum absolute atomic E-state index is 0.164. The summed E-state index contributed by atoms with van der Waals surface area (Å²) in [5, 5.41) is 0.405. The molecule has 122 valence electrons. The van der Waals surface area contributed by atoms with Crippen LogP contribution < -0.4 is 4.72 Å².